The lowest BCUT2D eigenvalue weighted by molar-refractivity contribution is 0.378. The van der Waals surface area contributed by atoms with Crippen molar-refractivity contribution < 1.29 is 0 Å². The Morgan fingerprint density at radius 2 is 2.31 bits per heavy atom. The molecule has 1 nitrogen and oxygen atoms in total. The molecule has 76 valence electrons. The molecule has 1 N–H and O–H groups in total. The van der Waals surface area contributed by atoms with Gasteiger partial charge >= 0.3 is 0 Å². The molecule has 13 heavy (non-hydrogen) atoms. The maximum atomic E-state index is 3.76. The second kappa shape index (κ2) is 6.20. The van der Waals surface area contributed by atoms with Gasteiger partial charge < -0.3 is 5.32 Å². The molecule has 1 aliphatic carbocycles. The molecule has 0 radical (unpaired) electrons. The van der Waals surface area contributed by atoms with Crippen LogP contribution in [0.15, 0.2) is 12.7 Å². The second-order valence-electron chi connectivity index (χ2n) is 4.07. The third kappa shape index (κ3) is 3.51. The molecule has 0 aromatic carbocycles. The van der Waals surface area contributed by atoms with Crippen LogP contribution in [0.3, 0.4) is 0 Å². The Labute approximate surface area is 82.6 Å². The van der Waals surface area contributed by atoms with Crippen molar-refractivity contribution in [2.45, 2.75) is 51.5 Å². The minimum Gasteiger partial charge on any atom is -0.314 e. The molecule has 0 spiro atoms. The summed E-state index contributed by atoms with van der Waals surface area (Å²) < 4.78 is 0. The number of hydrogen-bond donors (Lipinski definition) is 1. The van der Waals surface area contributed by atoms with Crippen molar-refractivity contribution in [3.05, 3.63) is 12.7 Å². The van der Waals surface area contributed by atoms with E-state index in [-0.39, 0.29) is 0 Å². The molecule has 1 rings (SSSR count). The van der Waals surface area contributed by atoms with E-state index >= 15 is 0 Å². The Bertz CT molecular complexity index is 142. The molecule has 0 aromatic rings. The van der Waals surface area contributed by atoms with E-state index in [1.807, 2.05) is 6.08 Å². The zero-order valence-electron chi connectivity index (χ0n) is 8.89. The second-order valence-corrected chi connectivity index (χ2v) is 4.07. The molecule has 0 amide bonds. The van der Waals surface area contributed by atoms with Gasteiger partial charge in [-0.05, 0) is 44.6 Å². The molecular formula is C12H23N. The van der Waals surface area contributed by atoms with Crippen molar-refractivity contribution in [1.82, 2.24) is 5.32 Å². The lowest BCUT2D eigenvalue weighted by Crippen LogP contribution is -2.32. The van der Waals surface area contributed by atoms with E-state index in [0.717, 1.165) is 18.5 Å². The van der Waals surface area contributed by atoms with Crippen LogP contribution in [0.5, 0.6) is 0 Å². The summed E-state index contributed by atoms with van der Waals surface area (Å²) in [6.07, 6.45) is 10.2. The van der Waals surface area contributed by atoms with Crippen LogP contribution in [-0.2, 0) is 0 Å². The minimum absolute atomic E-state index is 0.815. The largest absolute Gasteiger partial charge is 0.314 e. The highest BCUT2D eigenvalue weighted by Gasteiger charge is 2.25. The van der Waals surface area contributed by atoms with Crippen LogP contribution in [0.25, 0.3) is 0 Å². The van der Waals surface area contributed by atoms with E-state index in [9.17, 15) is 0 Å². The highest BCUT2D eigenvalue weighted by Crippen LogP contribution is 2.29. The van der Waals surface area contributed by atoms with E-state index in [1.165, 1.54) is 38.5 Å². The van der Waals surface area contributed by atoms with Crippen LogP contribution in [0.2, 0.25) is 0 Å². The topological polar surface area (TPSA) is 12.0 Å². The Morgan fingerprint density at radius 3 is 3.00 bits per heavy atom. The summed E-state index contributed by atoms with van der Waals surface area (Å²) in [7, 11) is 0. The zero-order chi connectivity index (χ0) is 9.52. The van der Waals surface area contributed by atoms with Gasteiger partial charge in [0.25, 0.3) is 0 Å². The predicted octanol–water partition coefficient (Wildman–Crippen LogP) is 3.12. The monoisotopic (exact) mass is 181 g/mol. The number of nitrogens with one attached hydrogen (secondary N) is 1. The Balaban J connectivity index is 2.18. The van der Waals surface area contributed by atoms with Crippen molar-refractivity contribution in [3.8, 4) is 0 Å². The van der Waals surface area contributed by atoms with E-state index < -0.39 is 0 Å². The Kier molecular flexibility index (Phi) is 5.14. The first-order valence-electron chi connectivity index (χ1n) is 5.72. The first-order chi connectivity index (χ1) is 6.38. The van der Waals surface area contributed by atoms with Gasteiger partial charge in [0, 0.05) is 6.04 Å². The maximum absolute atomic E-state index is 3.76. The molecule has 0 saturated heterocycles. The van der Waals surface area contributed by atoms with Gasteiger partial charge in [0.15, 0.2) is 0 Å². The first-order valence-corrected chi connectivity index (χ1v) is 5.72. The number of unbranched alkanes of at least 4 members (excludes halogenated alkanes) is 1. The summed E-state index contributed by atoms with van der Waals surface area (Å²) in [5.41, 5.74) is 0. The van der Waals surface area contributed by atoms with E-state index in [1.54, 1.807) is 0 Å². The molecule has 1 saturated carbocycles. The first kappa shape index (κ1) is 10.8. The maximum Gasteiger partial charge on any atom is 0.00952 e. The van der Waals surface area contributed by atoms with E-state index in [4.69, 9.17) is 0 Å². The van der Waals surface area contributed by atoms with Gasteiger partial charge in [-0.1, -0.05) is 19.4 Å². The quantitative estimate of drug-likeness (QED) is 0.490. The van der Waals surface area contributed by atoms with Crippen LogP contribution in [0.4, 0.5) is 0 Å². The van der Waals surface area contributed by atoms with Crippen LogP contribution in [0.1, 0.15) is 45.4 Å². The Morgan fingerprint density at radius 1 is 1.46 bits per heavy atom. The van der Waals surface area contributed by atoms with Gasteiger partial charge in [0.2, 0.25) is 0 Å². The van der Waals surface area contributed by atoms with E-state index in [2.05, 4.69) is 18.8 Å². The molecule has 1 aliphatic rings. The van der Waals surface area contributed by atoms with Crippen molar-refractivity contribution in [1.29, 1.82) is 0 Å². The molecule has 0 bridgehead atoms. The highest BCUT2D eigenvalue weighted by molar-refractivity contribution is 4.83. The number of rotatable bonds is 6. The average molecular weight is 181 g/mol. The van der Waals surface area contributed by atoms with Crippen LogP contribution in [-0.4, -0.2) is 12.6 Å². The normalized spacial score (nSPS) is 27.8. The minimum atomic E-state index is 0.815. The molecule has 0 aromatic heterocycles. The fraction of sp³-hybridized carbons (Fsp3) is 0.833. The van der Waals surface area contributed by atoms with Gasteiger partial charge in [-0.15, -0.1) is 6.58 Å². The molecule has 0 aliphatic heterocycles. The van der Waals surface area contributed by atoms with Gasteiger partial charge in [-0.3, -0.25) is 0 Å². The van der Waals surface area contributed by atoms with Crippen LogP contribution in [0, 0.1) is 5.92 Å². The summed E-state index contributed by atoms with van der Waals surface area (Å²) in [4.78, 5) is 0. The number of allylic oxidation sites excluding steroid dienone is 1. The lowest BCUT2D eigenvalue weighted by Gasteiger charge is -2.19. The van der Waals surface area contributed by atoms with Gasteiger partial charge in [0.1, 0.15) is 0 Å². The van der Waals surface area contributed by atoms with Crippen molar-refractivity contribution in [3.63, 3.8) is 0 Å². The Hall–Kier alpha value is -0.300. The summed E-state index contributed by atoms with van der Waals surface area (Å²) in [6, 6.07) is 0.815. The summed E-state index contributed by atoms with van der Waals surface area (Å²) in [5.74, 6) is 0.944. The summed E-state index contributed by atoms with van der Waals surface area (Å²) >= 11 is 0. The predicted molar refractivity (Wildman–Crippen MR) is 58.9 cm³/mol. The zero-order valence-corrected chi connectivity index (χ0v) is 8.89. The summed E-state index contributed by atoms with van der Waals surface area (Å²) in [6.45, 7) is 7.10. The molecule has 1 fully saturated rings. The smallest absolute Gasteiger partial charge is 0.00952 e. The fourth-order valence-corrected chi connectivity index (χ4v) is 2.44. The summed E-state index contributed by atoms with van der Waals surface area (Å²) in [5, 5.41) is 3.60. The fourth-order valence-electron chi connectivity index (χ4n) is 2.44. The van der Waals surface area contributed by atoms with E-state index in [0.29, 0.717) is 0 Å². The van der Waals surface area contributed by atoms with Crippen LogP contribution < -0.4 is 5.32 Å². The van der Waals surface area contributed by atoms with Gasteiger partial charge in [-0.25, -0.2) is 0 Å². The molecular weight excluding hydrogens is 158 g/mol. The van der Waals surface area contributed by atoms with Crippen molar-refractivity contribution in [2.24, 2.45) is 5.92 Å². The molecule has 1 heteroatoms. The third-order valence-corrected chi connectivity index (χ3v) is 3.11. The van der Waals surface area contributed by atoms with Gasteiger partial charge in [-0.2, -0.15) is 0 Å². The average Bonchev–Trinajstić information content (AvgIpc) is 2.54. The molecule has 2 atom stereocenters. The van der Waals surface area contributed by atoms with Crippen molar-refractivity contribution >= 4 is 0 Å². The molecule has 0 heterocycles. The van der Waals surface area contributed by atoms with Gasteiger partial charge in [0.05, 0.1) is 0 Å². The standard InChI is InChI=1S/C12H23N/c1-3-5-6-8-11-9-7-10-12(11)13-4-2/h3,11-13H,1,4-10H2,2H3. The van der Waals surface area contributed by atoms with Crippen LogP contribution >= 0.6 is 0 Å². The SMILES string of the molecule is C=CCCCC1CCCC1NCC. The highest BCUT2D eigenvalue weighted by atomic mass is 14.9. The lowest BCUT2D eigenvalue weighted by atomic mass is 9.96. The molecule has 2 unspecified atom stereocenters. The third-order valence-electron chi connectivity index (χ3n) is 3.11. The number of hydrogen-bond acceptors (Lipinski definition) is 1. The van der Waals surface area contributed by atoms with Crippen molar-refractivity contribution in [2.75, 3.05) is 6.54 Å².